The van der Waals surface area contributed by atoms with Crippen LogP contribution in [0.3, 0.4) is 0 Å². The second-order valence-electron chi connectivity index (χ2n) is 7.03. The molecule has 3 aromatic rings. The maximum Gasteiger partial charge on any atom is 0.255 e. The van der Waals surface area contributed by atoms with Gasteiger partial charge in [0.2, 0.25) is 10.0 Å². The van der Waals surface area contributed by atoms with Crippen LogP contribution in [0.5, 0.6) is 0 Å². The zero-order chi connectivity index (χ0) is 22.4. The van der Waals surface area contributed by atoms with Crippen LogP contribution in [0, 0.1) is 12.7 Å². The molecule has 0 spiro atoms. The number of amides is 1. The molecule has 0 radical (unpaired) electrons. The summed E-state index contributed by atoms with van der Waals surface area (Å²) in [6.07, 6.45) is 1.53. The Morgan fingerprint density at radius 2 is 1.68 bits per heavy atom. The van der Waals surface area contributed by atoms with Crippen LogP contribution in [-0.4, -0.2) is 25.2 Å². The Kier molecular flexibility index (Phi) is 6.99. The summed E-state index contributed by atoms with van der Waals surface area (Å²) >= 11 is 0. The lowest BCUT2D eigenvalue weighted by Crippen LogP contribution is -2.30. The highest BCUT2D eigenvalue weighted by atomic mass is 32.2. The van der Waals surface area contributed by atoms with Crippen LogP contribution in [-0.2, 0) is 16.6 Å². The van der Waals surface area contributed by atoms with Crippen molar-refractivity contribution in [3.05, 3.63) is 108 Å². The number of carbonyl (C=O) groups excluding carboxylic acids is 1. The normalized spacial score (nSPS) is 11.3. The number of aryl methyl sites for hydroxylation is 1. The van der Waals surface area contributed by atoms with E-state index in [9.17, 15) is 17.6 Å². The van der Waals surface area contributed by atoms with E-state index in [1.165, 1.54) is 22.5 Å². The molecule has 0 saturated carbocycles. The molecule has 0 heterocycles. The molecule has 0 aliphatic rings. The molecule has 1 amide bonds. The fourth-order valence-corrected chi connectivity index (χ4v) is 4.37. The second-order valence-corrected chi connectivity index (χ2v) is 8.97. The lowest BCUT2D eigenvalue weighted by molar-refractivity contribution is 0.102. The summed E-state index contributed by atoms with van der Waals surface area (Å²) in [6.45, 7) is 5.82. The molecule has 0 fully saturated rings. The van der Waals surface area contributed by atoms with E-state index in [0.29, 0.717) is 11.1 Å². The van der Waals surface area contributed by atoms with E-state index >= 15 is 0 Å². The molecule has 0 unspecified atom stereocenters. The molecule has 5 nitrogen and oxygen atoms in total. The molecule has 0 saturated heterocycles. The highest BCUT2D eigenvalue weighted by Crippen LogP contribution is 2.20. The zero-order valence-corrected chi connectivity index (χ0v) is 17.9. The summed E-state index contributed by atoms with van der Waals surface area (Å²) in [5.74, 6) is -0.972. The minimum Gasteiger partial charge on any atom is -0.319 e. The predicted molar refractivity (Wildman–Crippen MR) is 120 cm³/mol. The molecule has 160 valence electrons. The van der Waals surface area contributed by atoms with E-state index in [0.717, 1.165) is 5.56 Å². The van der Waals surface area contributed by atoms with Crippen LogP contribution >= 0.6 is 0 Å². The fourth-order valence-electron chi connectivity index (χ4n) is 2.97. The van der Waals surface area contributed by atoms with Crippen molar-refractivity contribution in [3.8, 4) is 0 Å². The Morgan fingerprint density at radius 3 is 2.29 bits per heavy atom. The molecule has 0 bridgehead atoms. The van der Waals surface area contributed by atoms with Gasteiger partial charge in [0.15, 0.2) is 0 Å². The molecule has 7 heteroatoms. The van der Waals surface area contributed by atoms with E-state index in [1.807, 2.05) is 6.92 Å². The van der Waals surface area contributed by atoms with Crippen LogP contribution < -0.4 is 5.32 Å². The molecule has 1 N–H and O–H groups in total. The number of carbonyl (C=O) groups is 1. The van der Waals surface area contributed by atoms with Crippen LogP contribution in [0.2, 0.25) is 0 Å². The van der Waals surface area contributed by atoms with E-state index in [2.05, 4.69) is 11.9 Å². The third-order valence-electron chi connectivity index (χ3n) is 4.69. The van der Waals surface area contributed by atoms with Crippen LogP contribution in [0.4, 0.5) is 10.1 Å². The Morgan fingerprint density at radius 1 is 1.03 bits per heavy atom. The maximum absolute atomic E-state index is 13.7. The number of hydrogen-bond donors (Lipinski definition) is 1. The van der Waals surface area contributed by atoms with Gasteiger partial charge in [0, 0.05) is 18.7 Å². The first-order valence-electron chi connectivity index (χ1n) is 9.64. The number of benzene rings is 3. The Labute approximate surface area is 181 Å². The first kappa shape index (κ1) is 22.4. The number of anilines is 1. The van der Waals surface area contributed by atoms with Crippen molar-refractivity contribution in [1.82, 2.24) is 4.31 Å². The Balaban J connectivity index is 1.76. The van der Waals surface area contributed by atoms with Crippen molar-refractivity contribution >= 4 is 21.6 Å². The van der Waals surface area contributed by atoms with Crippen molar-refractivity contribution < 1.29 is 17.6 Å². The molecule has 0 aliphatic carbocycles. The van der Waals surface area contributed by atoms with Crippen LogP contribution in [0.15, 0.2) is 90.3 Å². The number of rotatable bonds is 8. The highest BCUT2D eigenvalue weighted by molar-refractivity contribution is 7.89. The minimum absolute atomic E-state index is 0.0953. The minimum atomic E-state index is -3.71. The quantitative estimate of drug-likeness (QED) is 0.516. The van der Waals surface area contributed by atoms with E-state index in [4.69, 9.17) is 0 Å². The lowest BCUT2D eigenvalue weighted by atomic mass is 10.1. The average molecular weight is 439 g/mol. The highest BCUT2D eigenvalue weighted by Gasteiger charge is 2.23. The third-order valence-corrected chi connectivity index (χ3v) is 6.51. The number of sulfonamides is 1. The monoisotopic (exact) mass is 438 g/mol. The molecule has 31 heavy (non-hydrogen) atoms. The van der Waals surface area contributed by atoms with Gasteiger partial charge in [-0.2, -0.15) is 4.31 Å². The van der Waals surface area contributed by atoms with Gasteiger partial charge in [-0.3, -0.25) is 4.79 Å². The fraction of sp³-hybridized carbons (Fsp3) is 0.125. The summed E-state index contributed by atoms with van der Waals surface area (Å²) < 4.78 is 41.1. The third kappa shape index (κ3) is 5.45. The SMILES string of the molecule is C=CCN(Cc1ccc(C(=O)Nc2ccccc2F)cc1)S(=O)(=O)c1ccc(C)cc1. The number of nitrogens with one attached hydrogen (secondary N) is 1. The summed E-state index contributed by atoms with van der Waals surface area (Å²) in [4.78, 5) is 12.6. The maximum atomic E-state index is 13.7. The van der Waals surface area contributed by atoms with Gasteiger partial charge < -0.3 is 5.32 Å². The van der Waals surface area contributed by atoms with Gasteiger partial charge in [0.1, 0.15) is 5.82 Å². The van der Waals surface area contributed by atoms with Crippen molar-refractivity contribution in [1.29, 1.82) is 0 Å². The topological polar surface area (TPSA) is 66.5 Å². The van der Waals surface area contributed by atoms with Gasteiger partial charge in [-0.1, -0.05) is 48.0 Å². The molecule has 3 aromatic carbocycles. The molecule has 0 aliphatic heterocycles. The van der Waals surface area contributed by atoms with Crippen molar-refractivity contribution in [2.45, 2.75) is 18.4 Å². The van der Waals surface area contributed by atoms with Crippen molar-refractivity contribution in [3.63, 3.8) is 0 Å². The smallest absolute Gasteiger partial charge is 0.255 e. The van der Waals surface area contributed by atoms with Crippen molar-refractivity contribution in [2.75, 3.05) is 11.9 Å². The first-order valence-corrected chi connectivity index (χ1v) is 11.1. The molecule has 0 atom stereocenters. The summed E-state index contributed by atoms with van der Waals surface area (Å²) in [5.41, 5.74) is 2.11. The molecular weight excluding hydrogens is 415 g/mol. The van der Waals surface area contributed by atoms with Crippen molar-refractivity contribution in [2.24, 2.45) is 0 Å². The van der Waals surface area contributed by atoms with Gasteiger partial charge in [0.05, 0.1) is 10.6 Å². The summed E-state index contributed by atoms with van der Waals surface area (Å²) in [7, 11) is -3.71. The van der Waals surface area contributed by atoms with E-state index < -0.39 is 21.7 Å². The van der Waals surface area contributed by atoms with Crippen LogP contribution in [0.25, 0.3) is 0 Å². The second kappa shape index (κ2) is 9.68. The Bertz CT molecular complexity index is 1170. The first-order chi connectivity index (χ1) is 14.8. The van der Waals surface area contributed by atoms with Gasteiger partial charge in [-0.15, -0.1) is 6.58 Å². The predicted octanol–water partition coefficient (Wildman–Crippen LogP) is 4.76. The standard InChI is InChI=1S/C24H23FN2O3S/c1-3-16-27(31(29,30)21-14-8-18(2)9-15-21)17-19-10-12-20(13-11-19)24(28)26-23-7-5-4-6-22(23)25/h3-15H,1,16-17H2,2H3,(H,26,28). The van der Waals surface area contributed by atoms with Gasteiger partial charge in [0.25, 0.3) is 5.91 Å². The number of nitrogens with zero attached hydrogens (tertiary/aromatic N) is 1. The molecular formula is C24H23FN2O3S. The lowest BCUT2D eigenvalue weighted by Gasteiger charge is -2.21. The van der Waals surface area contributed by atoms with E-state index in [-0.39, 0.29) is 23.7 Å². The van der Waals surface area contributed by atoms with Gasteiger partial charge >= 0.3 is 0 Å². The summed E-state index contributed by atoms with van der Waals surface area (Å²) in [6, 6.07) is 19.1. The zero-order valence-electron chi connectivity index (χ0n) is 17.1. The Hall–Kier alpha value is -3.29. The summed E-state index contributed by atoms with van der Waals surface area (Å²) in [5, 5.41) is 2.52. The number of para-hydroxylation sites is 1. The van der Waals surface area contributed by atoms with Gasteiger partial charge in [-0.25, -0.2) is 12.8 Å². The largest absolute Gasteiger partial charge is 0.319 e. The van der Waals surface area contributed by atoms with Crippen LogP contribution in [0.1, 0.15) is 21.5 Å². The number of halogens is 1. The molecule has 3 rings (SSSR count). The number of hydrogen-bond acceptors (Lipinski definition) is 3. The molecule has 0 aromatic heterocycles. The average Bonchev–Trinajstić information content (AvgIpc) is 2.76. The van der Waals surface area contributed by atoms with E-state index in [1.54, 1.807) is 60.7 Å². The van der Waals surface area contributed by atoms with Gasteiger partial charge in [-0.05, 0) is 48.9 Å².